The van der Waals surface area contributed by atoms with E-state index in [2.05, 4.69) is 27.1 Å². The molecule has 1 fully saturated rings. The highest BCUT2D eigenvalue weighted by molar-refractivity contribution is 6.32. The molecule has 0 aliphatic carbocycles. The van der Waals surface area contributed by atoms with Crippen molar-refractivity contribution in [2.24, 2.45) is 5.84 Å². The predicted octanol–water partition coefficient (Wildman–Crippen LogP) is 5.35. The van der Waals surface area contributed by atoms with Crippen molar-refractivity contribution >= 4 is 45.5 Å². The normalized spacial score (nSPS) is 14.5. The lowest BCUT2D eigenvalue weighted by Gasteiger charge is -2.19. The number of fused-ring (bicyclic) bond motifs is 1. The molecule has 0 spiro atoms. The number of aromatic nitrogens is 1. The first-order valence-corrected chi connectivity index (χ1v) is 13.8. The average molecular weight is 603 g/mol. The quantitative estimate of drug-likeness (QED) is 0.101. The molecule has 1 unspecified atom stereocenters. The van der Waals surface area contributed by atoms with Gasteiger partial charge in [-0.1, -0.05) is 35.9 Å². The van der Waals surface area contributed by atoms with E-state index < -0.39 is 5.91 Å². The van der Waals surface area contributed by atoms with Crippen molar-refractivity contribution in [1.82, 2.24) is 10.4 Å². The van der Waals surface area contributed by atoms with Gasteiger partial charge < -0.3 is 24.8 Å². The molecule has 1 aromatic heterocycles. The molecule has 4 aromatic rings. The maximum Gasteiger partial charge on any atom is 0.248 e. The molecule has 3 aromatic carbocycles. The Balaban J connectivity index is 1.46. The SMILES string of the molecule is N#Cc1cnc2cc(OC3CCOC3)c(NC(=O)/C=C/CNN)cc2c1Nc1ccc(OCc2ccccc2F)c(Cl)c1. The van der Waals surface area contributed by atoms with Crippen LogP contribution in [0.3, 0.4) is 0 Å². The molecule has 12 heteroatoms. The minimum atomic E-state index is -0.390. The molecular weight excluding hydrogens is 575 g/mol. The van der Waals surface area contributed by atoms with Gasteiger partial charge in [0.05, 0.1) is 40.7 Å². The fourth-order valence-corrected chi connectivity index (χ4v) is 4.67. The summed E-state index contributed by atoms with van der Waals surface area (Å²) in [6.45, 7) is 1.34. The highest BCUT2D eigenvalue weighted by atomic mass is 35.5. The fraction of sp³-hybridized carbons (Fsp3) is 0.194. The van der Waals surface area contributed by atoms with E-state index in [1.807, 2.05) is 0 Å². The molecule has 43 heavy (non-hydrogen) atoms. The summed E-state index contributed by atoms with van der Waals surface area (Å²) in [6.07, 6.45) is 4.93. The summed E-state index contributed by atoms with van der Waals surface area (Å²) < 4.78 is 31.3. The van der Waals surface area contributed by atoms with Gasteiger partial charge in [0, 0.05) is 47.9 Å². The average Bonchev–Trinajstić information content (AvgIpc) is 3.51. The van der Waals surface area contributed by atoms with Crippen LogP contribution in [-0.4, -0.2) is 36.8 Å². The maximum atomic E-state index is 14.0. The van der Waals surface area contributed by atoms with Crippen molar-refractivity contribution in [3.8, 4) is 17.6 Å². The Kier molecular flexibility index (Phi) is 9.66. The minimum Gasteiger partial charge on any atom is -0.487 e. The molecule has 0 bridgehead atoms. The van der Waals surface area contributed by atoms with Gasteiger partial charge in [0.2, 0.25) is 5.91 Å². The van der Waals surface area contributed by atoms with Crippen molar-refractivity contribution < 1.29 is 23.4 Å². The van der Waals surface area contributed by atoms with Crippen LogP contribution >= 0.6 is 11.6 Å². The first-order valence-electron chi connectivity index (χ1n) is 13.4. The zero-order valence-corrected chi connectivity index (χ0v) is 23.7. The number of amides is 1. The van der Waals surface area contributed by atoms with Crippen LogP contribution in [0.4, 0.5) is 21.5 Å². The monoisotopic (exact) mass is 602 g/mol. The van der Waals surface area contributed by atoms with E-state index in [1.54, 1.807) is 54.6 Å². The molecule has 0 radical (unpaired) electrons. The number of hydrogen-bond donors (Lipinski definition) is 4. The van der Waals surface area contributed by atoms with E-state index in [-0.39, 0.29) is 24.1 Å². The third-order valence-electron chi connectivity index (χ3n) is 6.58. The second-order valence-electron chi connectivity index (χ2n) is 9.58. The standard InChI is InChI=1S/C31H28ClFN6O4/c32-24-12-21(7-8-28(24)42-17-19-4-1-2-5-25(19)33)38-31-20(15-34)16-36-26-14-29(43-22-9-11-41-18-22)27(13-23(26)31)39-30(40)6-3-10-37-35/h1-8,12-14,16,22,37H,9-11,17-18,35H2,(H,36,38)(H,39,40)/b6-3+. The molecule has 0 saturated carbocycles. The number of halogens is 2. The number of hydrazine groups is 1. The van der Waals surface area contributed by atoms with Crippen LogP contribution < -0.4 is 31.4 Å². The Morgan fingerprint density at radius 2 is 2.09 bits per heavy atom. The third kappa shape index (κ3) is 7.38. The van der Waals surface area contributed by atoms with Crippen LogP contribution in [0, 0.1) is 17.1 Å². The van der Waals surface area contributed by atoms with Gasteiger partial charge in [-0.2, -0.15) is 5.26 Å². The summed E-state index contributed by atoms with van der Waals surface area (Å²) in [5, 5.41) is 16.9. The van der Waals surface area contributed by atoms with Crippen LogP contribution in [0.15, 0.2) is 72.9 Å². The topological polar surface area (TPSA) is 144 Å². The van der Waals surface area contributed by atoms with Gasteiger partial charge in [0.25, 0.3) is 0 Å². The van der Waals surface area contributed by atoms with Crippen LogP contribution in [-0.2, 0) is 16.1 Å². The zero-order valence-electron chi connectivity index (χ0n) is 22.9. The van der Waals surface area contributed by atoms with Gasteiger partial charge >= 0.3 is 0 Å². The van der Waals surface area contributed by atoms with E-state index in [0.29, 0.717) is 76.2 Å². The van der Waals surface area contributed by atoms with Gasteiger partial charge in [-0.05, 0) is 30.3 Å². The molecule has 2 heterocycles. The number of pyridine rings is 1. The number of ether oxygens (including phenoxy) is 3. The van der Waals surface area contributed by atoms with Gasteiger partial charge in [-0.3, -0.25) is 21.0 Å². The number of rotatable bonds is 11. The number of carbonyl (C=O) groups is 1. The van der Waals surface area contributed by atoms with Crippen molar-refractivity contribution in [3.63, 3.8) is 0 Å². The van der Waals surface area contributed by atoms with Gasteiger partial charge in [0.1, 0.15) is 36.1 Å². The number of nitriles is 1. The number of carbonyl (C=O) groups excluding carboxylic acids is 1. The Morgan fingerprint density at radius 1 is 1.23 bits per heavy atom. The fourth-order valence-electron chi connectivity index (χ4n) is 4.44. The van der Waals surface area contributed by atoms with E-state index in [4.69, 9.17) is 31.7 Å². The van der Waals surface area contributed by atoms with Crippen molar-refractivity contribution in [1.29, 1.82) is 5.26 Å². The lowest BCUT2D eigenvalue weighted by molar-refractivity contribution is -0.111. The highest BCUT2D eigenvalue weighted by Crippen LogP contribution is 2.38. The molecule has 1 amide bonds. The maximum absolute atomic E-state index is 14.0. The van der Waals surface area contributed by atoms with Crippen LogP contribution in [0.5, 0.6) is 11.5 Å². The van der Waals surface area contributed by atoms with E-state index >= 15 is 0 Å². The van der Waals surface area contributed by atoms with E-state index in [1.165, 1.54) is 18.3 Å². The zero-order chi connectivity index (χ0) is 30.2. The molecule has 220 valence electrons. The Bertz CT molecular complexity index is 1700. The number of anilines is 3. The number of benzene rings is 3. The lowest BCUT2D eigenvalue weighted by atomic mass is 10.1. The second-order valence-corrected chi connectivity index (χ2v) is 9.98. The summed E-state index contributed by atoms with van der Waals surface area (Å²) in [5.41, 5.74) is 5.08. The number of nitrogens with two attached hydrogens (primary N) is 1. The van der Waals surface area contributed by atoms with Crippen LogP contribution in [0.1, 0.15) is 17.5 Å². The molecule has 1 aliphatic heterocycles. The number of hydrogen-bond acceptors (Lipinski definition) is 9. The second kappa shape index (κ2) is 14.0. The van der Waals surface area contributed by atoms with Gasteiger partial charge in [0.15, 0.2) is 0 Å². The Hall–Kier alpha value is -4.73. The van der Waals surface area contributed by atoms with Crippen molar-refractivity contribution in [2.45, 2.75) is 19.1 Å². The molecular formula is C31H28ClFN6O4. The third-order valence-corrected chi connectivity index (χ3v) is 6.87. The highest BCUT2D eigenvalue weighted by Gasteiger charge is 2.21. The molecule has 5 N–H and O–H groups in total. The molecule has 1 atom stereocenters. The summed E-state index contributed by atoms with van der Waals surface area (Å²) in [5.74, 6) is 5.32. The summed E-state index contributed by atoms with van der Waals surface area (Å²) in [4.78, 5) is 17.1. The Morgan fingerprint density at radius 3 is 2.84 bits per heavy atom. The first-order chi connectivity index (χ1) is 20.9. The molecule has 10 nitrogen and oxygen atoms in total. The van der Waals surface area contributed by atoms with Crippen LogP contribution in [0.2, 0.25) is 5.02 Å². The minimum absolute atomic E-state index is 0.0105. The van der Waals surface area contributed by atoms with Crippen molar-refractivity contribution in [2.75, 3.05) is 30.4 Å². The van der Waals surface area contributed by atoms with Crippen molar-refractivity contribution in [3.05, 3.63) is 94.9 Å². The lowest BCUT2D eigenvalue weighted by Crippen LogP contribution is -2.22. The van der Waals surface area contributed by atoms with E-state index in [9.17, 15) is 14.4 Å². The number of nitrogens with zero attached hydrogens (tertiary/aromatic N) is 2. The van der Waals surface area contributed by atoms with Crippen LogP contribution in [0.25, 0.3) is 10.9 Å². The first kappa shape index (κ1) is 29.8. The molecule has 5 rings (SSSR count). The van der Waals surface area contributed by atoms with E-state index in [0.717, 1.165) is 0 Å². The summed E-state index contributed by atoms with van der Waals surface area (Å²) in [6, 6.07) is 17.0. The Labute approximate surface area is 252 Å². The molecule has 1 aliphatic rings. The summed E-state index contributed by atoms with van der Waals surface area (Å²) in [7, 11) is 0. The number of nitrogens with one attached hydrogen (secondary N) is 3. The summed E-state index contributed by atoms with van der Waals surface area (Å²) >= 11 is 6.50. The predicted molar refractivity (Wildman–Crippen MR) is 162 cm³/mol. The molecule has 1 saturated heterocycles. The smallest absolute Gasteiger partial charge is 0.248 e. The van der Waals surface area contributed by atoms with Gasteiger partial charge in [-0.15, -0.1) is 0 Å². The largest absolute Gasteiger partial charge is 0.487 e. The van der Waals surface area contributed by atoms with Gasteiger partial charge in [-0.25, -0.2) is 4.39 Å².